The molecule has 8 nitrogen and oxygen atoms in total. The van der Waals surface area contributed by atoms with Gasteiger partial charge in [0.05, 0.1) is 23.6 Å². The Labute approximate surface area is 178 Å². The molecule has 3 rings (SSSR count). The van der Waals surface area contributed by atoms with E-state index in [1.807, 2.05) is 0 Å². The molecule has 0 aliphatic carbocycles. The largest absolute Gasteiger partial charge is 0.394 e. The van der Waals surface area contributed by atoms with Crippen LogP contribution < -0.4 is 10.0 Å². The minimum Gasteiger partial charge on any atom is -0.394 e. The molecule has 2 fully saturated rings. The van der Waals surface area contributed by atoms with Crippen LogP contribution in [0.2, 0.25) is 0 Å². The molecule has 2 aliphatic heterocycles. The molecule has 9 heteroatoms. The molecule has 168 valence electrons. The van der Waals surface area contributed by atoms with Crippen molar-refractivity contribution in [2.24, 2.45) is 5.92 Å². The van der Waals surface area contributed by atoms with Crippen LogP contribution in [0.15, 0.2) is 29.2 Å². The second-order valence-corrected chi connectivity index (χ2v) is 9.75. The first kappa shape index (κ1) is 23.1. The summed E-state index contributed by atoms with van der Waals surface area (Å²) in [6, 6.07) is 6.62. The number of carbonyl (C=O) groups excluding carboxylic acids is 1. The Morgan fingerprint density at radius 1 is 1.17 bits per heavy atom. The van der Waals surface area contributed by atoms with Gasteiger partial charge >= 0.3 is 0 Å². The number of rotatable bonds is 8. The van der Waals surface area contributed by atoms with Gasteiger partial charge in [0.25, 0.3) is 0 Å². The number of benzene rings is 1. The minimum atomic E-state index is -3.57. The molecule has 1 amide bonds. The lowest BCUT2D eigenvalue weighted by molar-refractivity contribution is -0.134. The van der Waals surface area contributed by atoms with Gasteiger partial charge in [-0.2, -0.15) is 0 Å². The Bertz CT molecular complexity index is 809. The lowest BCUT2D eigenvalue weighted by Gasteiger charge is -2.37. The van der Waals surface area contributed by atoms with E-state index in [0.29, 0.717) is 50.9 Å². The summed E-state index contributed by atoms with van der Waals surface area (Å²) in [5, 5.41) is 12.8. The average Bonchev–Trinajstić information content (AvgIpc) is 2.75. The molecule has 2 saturated heterocycles. The highest BCUT2D eigenvalue weighted by molar-refractivity contribution is 7.89. The van der Waals surface area contributed by atoms with E-state index < -0.39 is 16.1 Å². The van der Waals surface area contributed by atoms with Crippen molar-refractivity contribution in [3.05, 3.63) is 29.8 Å². The number of ether oxygens (including phenoxy) is 2. The van der Waals surface area contributed by atoms with Gasteiger partial charge in [0.2, 0.25) is 15.9 Å². The van der Waals surface area contributed by atoms with Gasteiger partial charge < -0.3 is 19.9 Å². The van der Waals surface area contributed by atoms with Crippen LogP contribution in [0.1, 0.15) is 37.7 Å². The molecule has 3 atom stereocenters. The van der Waals surface area contributed by atoms with Crippen molar-refractivity contribution < 1.29 is 27.8 Å². The summed E-state index contributed by atoms with van der Waals surface area (Å²) in [7, 11) is -3.57. The third-order valence-corrected chi connectivity index (χ3v) is 7.48. The summed E-state index contributed by atoms with van der Waals surface area (Å²) >= 11 is 0. The summed E-state index contributed by atoms with van der Waals surface area (Å²) < 4.78 is 38.9. The van der Waals surface area contributed by atoms with E-state index in [2.05, 4.69) is 10.0 Å². The molecule has 0 spiro atoms. The third-order valence-electron chi connectivity index (χ3n) is 5.86. The van der Waals surface area contributed by atoms with Crippen molar-refractivity contribution >= 4 is 15.9 Å². The highest BCUT2D eigenvalue weighted by Crippen LogP contribution is 2.23. The molecule has 0 unspecified atom stereocenters. The second kappa shape index (κ2) is 10.7. The van der Waals surface area contributed by atoms with Gasteiger partial charge in [-0.15, -0.1) is 0 Å². The van der Waals surface area contributed by atoms with E-state index in [0.717, 1.165) is 0 Å². The zero-order chi connectivity index (χ0) is 21.6. The Kier molecular flexibility index (Phi) is 8.24. The topological polar surface area (TPSA) is 114 Å². The van der Waals surface area contributed by atoms with Crippen LogP contribution in [0.5, 0.6) is 0 Å². The van der Waals surface area contributed by atoms with Crippen LogP contribution in [0.3, 0.4) is 0 Å². The first-order chi connectivity index (χ1) is 14.4. The van der Waals surface area contributed by atoms with E-state index in [1.54, 1.807) is 31.2 Å². The standard InChI is InChI=1S/C21H32N2O6S/c1-15-4-2-3-5-20(15)30(26,27)22-11-8-17-6-7-18(19(14-24)29-17)23-21(25)16-9-12-28-13-10-16/h2-5,16-19,22,24H,6-14H2,1H3,(H,23,25)/t17-,18+,19-/m0/s1. The molecule has 2 aliphatic rings. The van der Waals surface area contributed by atoms with Crippen molar-refractivity contribution in [2.75, 3.05) is 26.4 Å². The van der Waals surface area contributed by atoms with Crippen LogP contribution >= 0.6 is 0 Å². The molecule has 1 aromatic rings. The van der Waals surface area contributed by atoms with Crippen LogP contribution in [0.25, 0.3) is 0 Å². The van der Waals surface area contributed by atoms with E-state index in [4.69, 9.17) is 9.47 Å². The van der Waals surface area contributed by atoms with Gasteiger partial charge in [0.1, 0.15) is 6.10 Å². The van der Waals surface area contributed by atoms with Crippen molar-refractivity contribution in [3.63, 3.8) is 0 Å². The average molecular weight is 441 g/mol. The number of hydrogen-bond donors (Lipinski definition) is 3. The molecule has 0 radical (unpaired) electrons. The zero-order valence-corrected chi connectivity index (χ0v) is 18.2. The first-order valence-electron chi connectivity index (χ1n) is 10.6. The van der Waals surface area contributed by atoms with Gasteiger partial charge in [-0.3, -0.25) is 4.79 Å². The quantitative estimate of drug-likeness (QED) is 0.558. The Balaban J connectivity index is 1.47. The predicted octanol–water partition coefficient (Wildman–Crippen LogP) is 1.11. The number of hydrogen-bond acceptors (Lipinski definition) is 6. The van der Waals surface area contributed by atoms with E-state index in [1.165, 1.54) is 0 Å². The Morgan fingerprint density at radius 3 is 2.60 bits per heavy atom. The summed E-state index contributed by atoms with van der Waals surface area (Å²) in [6.07, 6.45) is 2.66. The highest BCUT2D eigenvalue weighted by Gasteiger charge is 2.33. The fourth-order valence-corrected chi connectivity index (χ4v) is 5.35. The predicted molar refractivity (Wildman–Crippen MR) is 111 cm³/mol. The highest BCUT2D eigenvalue weighted by atomic mass is 32.2. The number of nitrogens with one attached hydrogen (secondary N) is 2. The maximum atomic E-state index is 12.5. The lowest BCUT2D eigenvalue weighted by atomic mass is 9.94. The molecule has 0 aromatic heterocycles. The molecular weight excluding hydrogens is 408 g/mol. The minimum absolute atomic E-state index is 0.00482. The van der Waals surface area contributed by atoms with Crippen molar-refractivity contribution in [1.82, 2.24) is 10.0 Å². The zero-order valence-electron chi connectivity index (χ0n) is 17.4. The molecule has 0 saturated carbocycles. The molecule has 2 heterocycles. The normalized spacial score (nSPS) is 25.7. The SMILES string of the molecule is Cc1ccccc1S(=O)(=O)NCC[C@@H]1CC[C@@H](NC(=O)C2CCOCC2)[C@H](CO)O1. The third kappa shape index (κ3) is 6.01. The van der Waals surface area contributed by atoms with Crippen molar-refractivity contribution in [1.29, 1.82) is 0 Å². The van der Waals surface area contributed by atoms with Crippen LogP contribution in [-0.2, 0) is 24.3 Å². The van der Waals surface area contributed by atoms with Crippen LogP contribution in [-0.4, -0.2) is 64.0 Å². The number of amides is 1. The van der Waals surface area contributed by atoms with Crippen molar-refractivity contribution in [2.45, 2.75) is 62.2 Å². The Hall–Kier alpha value is -1.52. The molecular formula is C21H32N2O6S. The summed E-state index contributed by atoms with van der Waals surface area (Å²) in [4.78, 5) is 12.7. The van der Waals surface area contributed by atoms with Crippen molar-refractivity contribution in [3.8, 4) is 0 Å². The van der Waals surface area contributed by atoms with Crippen LogP contribution in [0.4, 0.5) is 0 Å². The Morgan fingerprint density at radius 2 is 1.90 bits per heavy atom. The van der Waals surface area contributed by atoms with E-state index in [-0.39, 0.29) is 42.0 Å². The second-order valence-electron chi connectivity index (χ2n) is 8.01. The summed E-state index contributed by atoms with van der Waals surface area (Å²) in [5.41, 5.74) is 0.697. The fourth-order valence-electron chi connectivity index (χ4n) is 4.06. The molecule has 1 aromatic carbocycles. The maximum Gasteiger partial charge on any atom is 0.240 e. The van der Waals surface area contributed by atoms with E-state index >= 15 is 0 Å². The lowest BCUT2D eigenvalue weighted by Crippen LogP contribution is -2.52. The smallest absolute Gasteiger partial charge is 0.240 e. The summed E-state index contributed by atoms with van der Waals surface area (Å²) in [6.45, 7) is 3.02. The van der Waals surface area contributed by atoms with E-state index in [9.17, 15) is 18.3 Å². The van der Waals surface area contributed by atoms with Crippen LogP contribution in [0, 0.1) is 12.8 Å². The summed E-state index contributed by atoms with van der Waals surface area (Å²) in [5.74, 6) is -0.0542. The fraction of sp³-hybridized carbons (Fsp3) is 0.667. The molecule has 30 heavy (non-hydrogen) atoms. The number of aryl methyl sites for hydroxylation is 1. The van der Waals surface area contributed by atoms with Gasteiger partial charge in [-0.25, -0.2) is 13.1 Å². The molecule has 0 bridgehead atoms. The van der Waals surface area contributed by atoms with Gasteiger partial charge in [0, 0.05) is 25.7 Å². The van der Waals surface area contributed by atoms with Gasteiger partial charge in [-0.1, -0.05) is 18.2 Å². The number of aliphatic hydroxyl groups is 1. The van der Waals surface area contributed by atoms with Gasteiger partial charge in [-0.05, 0) is 50.7 Å². The van der Waals surface area contributed by atoms with Gasteiger partial charge in [0.15, 0.2) is 0 Å². The number of aliphatic hydroxyl groups excluding tert-OH is 1. The number of carbonyl (C=O) groups is 1. The maximum absolute atomic E-state index is 12.5. The first-order valence-corrected chi connectivity index (χ1v) is 12.1. The number of sulfonamides is 1. The molecule has 3 N–H and O–H groups in total. The monoisotopic (exact) mass is 440 g/mol.